The van der Waals surface area contributed by atoms with Crippen molar-refractivity contribution in [2.45, 2.75) is 38.8 Å². The van der Waals surface area contributed by atoms with E-state index in [9.17, 15) is 9.59 Å². The van der Waals surface area contributed by atoms with Gasteiger partial charge in [-0.1, -0.05) is 48.5 Å². The Balaban J connectivity index is 1.69. The summed E-state index contributed by atoms with van der Waals surface area (Å²) in [6.07, 6.45) is 2.68. The molecule has 1 N–H and O–H groups in total. The molecule has 5 nitrogen and oxygen atoms in total. The molecule has 3 rings (SSSR count). The SMILES string of the molecule is CC(=O)NC(CC(=O)N(C)Cc1ccccc1N1CCCC1)c1ccccc1. The molecule has 2 aromatic carbocycles. The van der Waals surface area contributed by atoms with Gasteiger partial charge in [-0.25, -0.2) is 0 Å². The molecule has 28 heavy (non-hydrogen) atoms. The summed E-state index contributed by atoms with van der Waals surface area (Å²) in [7, 11) is 1.83. The lowest BCUT2D eigenvalue weighted by Crippen LogP contribution is -2.34. The molecule has 0 spiro atoms. The molecule has 148 valence electrons. The van der Waals surface area contributed by atoms with E-state index >= 15 is 0 Å². The monoisotopic (exact) mass is 379 g/mol. The molecule has 0 saturated carbocycles. The van der Waals surface area contributed by atoms with Gasteiger partial charge in [0.25, 0.3) is 0 Å². The highest BCUT2D eigenvalue weighted by atomic mass is 16.2. The van der Waals surface area contributed by atoms with Crippen molar-refractivity contribution in [2.75, 3.05) is 25.0 Å². The maximum atomic E-state index is 12.9. The molecule has 2 aromatic rings. The molecule has 5 heteroatoms. The number of anilines is 1. The van der Waals surface area contributed by atoms with Crippen molar-refractivity contribution in [1.82, 2.24) is 10.2 Å². The minimum atomic E-state index is -0.317. The average molecular weight is 380 g/mol. The van der Waals surface area contributed by atoms with E-state index in [1.807, 2.05) is 43.4 Å². The fourth-order valence-electron chi connectivity index (χ4n) is 3.77. The van der Waals surface area contributed by atoms with Crippen molar-refractivity contribution in [3.05, 3.63) is 65.7 Å². The van der Waals surface area contributed by atoms with Gasteiger partial charge in [0, 0.05) is 39.3 Å². The topological polar surface area (TPSA) is 52.7 Å². The summed E-state index contributed by atoms with van der Waals surface area (Å²) in [5, 5.41) is 2.91. The van der Waals surface area contributed by atoms with Crippen molar-refractivity contribution in [3.63, 3.8) is 0 Å². The minimum Gasteiger partial charge on any atom is -0.371 e. The second-order valence-electron chi connectivity index (χ2n) is 7.44. The Hall–Kier alpha value is -2.82. The van der Waals surface area contributed by atoms with Crippen LogP contribution in [-0.4, -0.2) is 36.9 Å². The van der Waals surface area contributed by atoms with Gasteiger partial charge >= 0.3 is 0 Å². The third-order valence-electron chi connectivity index (χ3n) is 5.23. The Morgan fingerprint density at radius 2 is 1.68 bits per heavy atom. The Kier molecular flexibility index (Phi) is 6.69. The van der Waals surface area contributed by atoms with Crippen LogP contribution in [0.25, 0.3) is 0 Å². The summed E-state index contributed by atoms with van der Waals surface area (Å²) in [6.45, 7) is 4.20. The molecule has 1 aliphatic heterocycles. The van der Waals surface area contributed by atoms with Crippen LogP contribution < -0.4 is 10.2 Å². The van der Waals surface area contributed by atoms with Gasteiger partial charge in [-0.05, 0) is 30.0 Å². The van der Waals surface area contributed by atoms with E-state index in [-0.39, 0.29) is 24.3 Å². The van der Waals surface area contributed by atoms with Crippen LogP contribution in [0.15, 0.2) is 54.6 Å². The summed E-state index contributed by atoms with van der Waals surface area (Å²) in [6, 6.07) is 17.7. The normalized spacial score (nSPS) is 14.6. The van der Waals surface area contributed by atoms with E-state index in [2.05, 4.69) is 28.4 Å². The molecule has 1 atom stereocenters. The molecule has 1 unspecified atom stereocenters. The molecular weight excluding hydrogens is 350 g/mol. The fraction of sp³-hybridized carbons (Fsp3) is 0.391. The molecule has 0 aromatic heterocycles. The highest BCUT2D eigenvalue weighted by Crippen LogP contribution is 2.26. The molecule has 1 saturated heterocycles. The molecule has 0 bridgehead atoms. The van der Waals surface area contributed by atoms with Crippen LogP contribution in [-0.2, 0) is 16.1 Å². The van der Waals surface area contributed by atoms with E-state index < -0.39 is 0 Å². The van der Waals surface area contributed by atoms with E-state index in [1.54, 1.807) is 4.90 Å². The van der Waals surface area contributed by atoms with E-state index in [4.69, 9.17) is 0 Å². The predicted octanol–water partition coefficient (Wildman–Crippen LogP) is 3.51. The number of hydrogen-bond acceptors (Lipinski definition) is 3. The zero-order valence-electron chi connectivity index (χ0n) is 16.7. The number of nitrogens with one attached hydrogen (secondary N) is 1. The largest absolute Gasteiger partial charge is 0.371 e. The lowest BCUT2D eigenvalue weighted by Gasteiger charge is -2.26. The number of rotatable bonds is 7. The fourth-order valence-corrected chi connectivity index (χ4v) is 3.77. The van der Waals surface area contributed by atoms with Crippen LogP contribution in [0.5, 0.6) is 0 Å². The van der Waals surface area contributed by atoms with Crippen LogP contribution in [0.4, 0.5) is 5.69 Å². The highest BCUT2D eigenvalue weighted by molar-refractivity contribution is 5.79. The standard InChI is InChI=1S/C23H29N3O2/c1-18(27)24-21(19-10-4-3-5-11-19)16-23(28)25(2)17-20-12-6-7-13-22(20)26-14-8-9-15-26/h3-7,10-13,21H,8-9,14-17H2,1-2H3,(H,24,27). The van der Waals surface area contributed by atoms with Gasteiger partial charge < -0.3 is 15.1 Å². The minimum absolute atomic E-state index is 0.0128. The molecule has 1 heterocycles. The summed E-state index contributed by atoms with van der Waals surface area (Å²) >= 11 is 0. The first-order valence-corrected chi connectivity index (χ1v) is 9.93. The summed E-state index contributed by atoms with van der Waals surface area (Å²) in [4.78, 5) is 28.7. The number of hydrogen-bond donors (Lipinski definition) is 1. The third kappa shape index (κ3) is 5.12. The number of carbonyl (C=O) groups is 2. The van der Waals surface area contributed by atoms with Gasteiger partial charge in [-0.3, -0.25) is 9.59 Å². The van der Waals surface area contributed by atoms with Crippen LogP contribution in [0, 0.1) is 0 Å². The van der Waals surface area contributed by atoms with Gasteiger partial charge in [-0.2, -0.15) is 0 Å². The lowest BCUT2D eigenvalue weighted by atomic mass is 10.0. The van der Waals surface area contributed by atoms with Crippen molar-refractivity contribution >= 4 is 17.5 Å². The third-order valence-corrected chi connectivity index (χ3v) is 5.23. The maximum Gasteiger partial charge on any atom is 0.225 e. The maximum absolute atomic E-state index is 12.9. The zero-order chi connectivity index (χ0) is 19.9. The first-order chi connectivity index (χ1) is 13.5. The first kappa shape index (κ1) is 19.9. The second-order valence-corrected chi connectivity index (χ2v) is 7.44. The zero-order valence-corrected chi connectivity index (χ0v) is 16.7. The van der Waals surface area contributed by atoms with Crippen LogP contribution in [0.1, 0.15) is 43.4 Å². The quantitative estimate of drug-likeness (QED) is 0.801. The van der Waals surface area contributed by atoms with Crippen LogP contribution >= 0.6 is 0 Å². The summed E-state index contributed by atoms with van der Waals surface area (Å²) in [5.41, 5.74) is 3.33. The van der Waals surface area contributed by atoms with Crippen molar-refractivity contribution < 1.29 is 9.59 Å². The first-order valence-electron chi connectivity index (χ1n) is 9.93. The van der Waals surface area contributed by atoms with E-state index in [1.165, 1.54) is 25.5 Å². The number of nitrogens with zero attached hydrogens (tertiary/aromatic N) is 2. The summed E-state index contributed by atoms with van der Waals surface area (Å²) < 4.78 is 0. The Morgan fingerprint density at radius 3 is 2.36 bits per heavy atom. The Bertz CT molecular complexity index is 801. The molecule has 1 fully saturated rings. The van der Waals surface area contributed by atoms with Crippen LogP contribution in [0.3, 0.4) is 0 Å². The van der Waals surface area contributed by atoms with Gasteiger partial charge in [-0.15, -0.1) is 0 Å². The highest BCUT2D eigenvalue weighted by Gasteiger charge is 2.21. The van der Waals surface area contributed by atoms with Gasteiger partial charge in [0.2, 0.25) is 11.8 Å². The number of carbonyl (C=O) groups excluding carboxylic acids is 2. The Labute approximate surface area is 167 Å². The smallest absolute Gasteiger partial charge is 0.225 e. The molecular formula is C23H29N3O2. The van der Waals surface area contributed by atoms with Gasteiger partial charge in [0.05, 0.1) is 12.5 Å². The number of benzene rings is 2. The Morgan fingerprint density at radius 1 is 1.04 bits per heavy atom. The summed E-state index contributed by atoms with van der Waals surface area (Å²) in [5.74, 6) is -0.123. The second kappa shape index (κ2) is 9.40. The van der Waals surface area contributed by atoms with Gasteiger partial charge in [0.15, 0.2) is 0 Å². The number of para-hydroxylation sites is 1. The molecule has 2 amide bonds. The van der Waals surface area contributed by atoms with Crippen molar-refractivity contribution in [2.24, 2.45) is 0 Å². The van der Waals surface area contributed by atoms with E-state index in [0.29, 0.717) is 6.54 Å². The molecule has 1 aliphatic rings. The molecule has 0 radical (unpaired) electrons. The van der Waals surface area contributed by atoms with Crippen molar-refractivity contribution in [1.29, 1.82) is 0 Å². The lowest BCUT2D eigenvalue weighted by molar-refractivity contribution is -0.131. The van der Waals surface area contributed by atoms with Gasteiger partial charge in [0.1, 0.15) is 0 Å². The van der Waals surface area contributed by atoms with Crippen molar-refractivity contribution in [3.8, 4) is 0 Å². The molecule has 0 aliphatic carbocycles. The van der Waals surface area contributed by atoms with E-state index in [0.717, 1.165) is 24.2 Å². The number of amides is 2. The average Bonchev–Trinajstić information content (AvgIpc) is 3.23. The predicted molar refractivity (Wildman–Crippen MR) is 112 cm³/mol. The van der Waals surface area contributed by atoms with Crippen LogP contribution in [0.2, 0.25) is 0 Å².